The molecular weight excluding hydrogens is 362 g/mol. The van der Waals surface area contributed by atoms with Gasteiger partial charge in [-0.05, 0) is 48.4 Å². The van der Waals surface area contributed by atoms with Crippen molar-refractivity contribution in [2.24, 2.45) is 0 Å². The normalized spacial score (nSPS) is 14.6. The van der Waals surface area contributed by atoms with E-state index in [1.165, 1.54) is 11.1 Å². The standard InChI is InChI=1S/C23H19N5O/c1-2-17(16-8-11-29-13-16)21-20(3-1)25-23(26-21)22-18-12-15(4-5-19(18)27-28-22)14-6-9-24-10-7-14/h1-6,8,11-13,24H,7,9-10H2,(H,25,26)(H,27,28). The summed E-state index contributed by atoms with van der Waals surface area (Å²) in [6.45, 7) is 1.94. The summed E-state index contributed by atoms with van der Waals surface area (Å²) in [7, 11) is 0. The number of para-hydroxylation sites is 1. The van der Waals surface area contributed by atoms with Crippen LogP contribution in [0.4, 0.5) is 0 Å². The average Bonchev–Trinajstić information content (AvgIpc) is 3.52. The van der Waals surface area contributed by atoms with E-state index in [1.54, 1.807) is 12.5 Å². The lowest BCUT2D eigenvalue weighted by Gasteiger charge is -2.14. The third-order valence-corrected chi connectivity index (χ3v) is 5.57. The number of benzene rings is 2. The van der Waals surface area contributed by atoms with Gasteiger partial charge in [0.05, 0.1) is 29.1 Å². The molecule has 0 spiro atoms. The minimum absolute atomic E-state index is 0.763. The van der Waals surface area contributed by atoms with Gasteiger partial charge >= 0.3 is 0 Å². The molecule has 0 atom stereocenters. The lowest BCUT2D eigenvalue weighted by atomic mass is 9.98. The predicted octanol–water partition coefficient (Wildman–Crippen LogP) is 4.74. The molecule has 3 N–H and O–H groups in total. The van der Waals surface area contributed by atoms with Crippen LogP contribution in [-0.2, 0) is 0 Å². The fourth-order valence-electron chi connectivity index (χ4n) is 4.07. The minimum atomic E-state index is 0.763. The first kappa shape index (κ1) is 16.3. The van der Waals surface area contributed by atoms with Gasteiger partial charge in [-0.25, -0.2) is 4.98 Å². The number of furan rings is 1. The van der Waals surface area contributed by atoms with Crippen molar-refractivity contribution < 1.29 is 4.42 Å². The fraction of sp³-hybridized carbons (Fsp3) is 0.130. The van der Waals surface area contributed by atoms with Gasteiger partial charge in [-0.2, -0.15) is 5.10 Å². The zero-order chi connectivity index (χ0) is 19.2. The van der Waals surface area contributed by atoms with E-state index < -0.39 is 0 Å². The van der Waals surface area contributed by atoms with Crippen LogP contribution in [0.15, 0.2) is 65.5 Å². The number of imidazole rings is 1. The van der Waals surface area contributed by atoms with Crippen LogP contribution in [0.25, 0.3) is 50.2 Å². The third-order valence-electron chi connectivity index (χ3n) is 5.57. The van der Waals surface area contributed by atoms with E-state index in [9.17, 15) is 0 Å². The van der Waals surface area contributed by atoms with Gasteiger partial charge in [-0.3, -0.25) is 5.10 Å². The Kier molecular flexibility index (Phi) is 3.64. The summed E-state index contributed by atoms with van der Waals surface area (Å²) < 4.78 is 5.26. The Labute approximate surface area is 166 Å². The molecule has 6 heteroatoms. The summed E-state index contributed by atoms with van der Waals surface area (Å²) in [6, 6.07) is 14.6. The smallest absolute Gasteiger partial charge is 0.159 e. The number of nitrogens with one attached hydrogen (secondary N) is 3. The molecular formula is C23H19N5O. The number of hydrogen-bond acceptors (Lipinski definition) is 4. The first-order chi connectivity index (χ1) is 14.4. The van der Waals surface area contributed by atoms with Gasteiger partial charge in [0.25, 0.3) is 0 Å². The van der Waals surface area contributed by atoms with E-state index in [-0.39, 0.29) is 0 Å². The second-order valence-electron chi connectivity index (χ2n) is 7.32. The quantitative estimate of drug-likeness (QED) is 0.421. The zero-order valence-electron chi connectivity index (χ0n) is 15.7. The molecule has 0 fully saturated rings. The number of fused-ring (bicyclic) bond motifs is 2. The SMILES string of the molecule is C1=C(c2ccc3[nH]nc(-c4nc5c(-c6ccoc6)cccc5[nH]4)c3c2)CCNC1. The summed E-state index contributed by atoms with van der Waals surface area (Å²) >= 11 is 0. The molecule has 6 rings (SSSR count). The molecule has 0 saturated carbocycles. The second kappa shape index (κ2) is 6.46. The first-order valence-corrected chi connectivity index (χ1v) is 9.77. The van der Waals surface area contributed by atoms with Crippen molar-refractivity contribution in [2.75, 3.05) is 13.1 Å². The Morgan fingerprint density at radius 2 is 2.00 bits per heavy atom. The van der Waals surface area contributed by atoms with Gasteiger partial charge in [0, 0.05) is 23.1 Å². The van der Waals surface area contributed by atoms with Crippen molar-refractivity contribution >= 4 is 27.5 Å². The molecule has 0 unspecified atom stereocenters. The lowest BCUT2D eigenvalue weighted by molar-refractivity contribution is 0.568. The monoisotopic (exact) mass is 381 g/mol. The average molecular weight is 381 g/mol. The maximum absolute atomic E-state index is 5.26. The van der Waals surface area contributed by atoms with Gasteiger partial charge in [0.15, 0.2) is 5.82 Å². The van der Waals surface area contributed by atoms with Crippen molar-refractivity contribution in [1.29, 1.82) is 0 Å². The largest absolute Gasteiger partial charge is 0.472 e. The van der Waals surface area contributed by atoms with Crippen LogP contribution in [0.3, 0.4) is 0 Å². The molecule has 0 bridgehead atoms. The molecule has 0 aliphatic carbocycles. The summed E-state index contributed by atoms with van der Waals surface area (Å²) in [6.07, 6.45) is 6.73. The van der Waals surface area contributed by atoms with Gasteiger partial charge in [-0.1, -0.05) is 24.3 Å². The maximum atomic E-state index is 5.26. The molecule has 1 aliphatic rings. The van der Waals surface area contributed by atoms with Gasteiger partial charge in [0.1, 0.15) is 5.69 Å². The Hall–Kier alpha value is -3.64. The third kappa shape index (κ3) is 2.68. The molecule has 0 radical (unpaired) electrons. The van der Waals surface area contributed by atoms with E-state index in [2.05, 4.69) is 50.8 Å². The molecule has 4 heterocycles. The number of H-pyrrole nitrogens is 2. The van der Waals surface area contributed by atoms with Crippen molar-refractivity contribution in [2.45, 2.75) is 6.42 Å². The molecule has 6 nitrogen and oxygen atoms in total. The highest BCUT2D eigenvalue weighted by Crippen LogP contribution is 2.33. The lowest BCUT2D eigenvalue weighted by Crippen LogP contribution is -2.19. The number of aromatic amines is 2. The molecule has 1 aliphatic heterocycles. The van der Waals surface area contributed by atoms with Crippen molar-refractivity contribution in [3.05, 3.63) is 66.6 Å². The Balaban J connectivity index is 1.50. The fourth-order valence-corrected chi connectivity index (χ4v) is 4.07. The molecule has 0 saturated heterocycles. The molecule has 2 aromatic carbocycles. The van der Waals surface area contributed by atoms with Crippen LogP contribution in [0.5, 0.6) is 0 Å². The number of rotatable bonds is 3. The van der Waals surface area contributed by atoms with Gasteiger partial charge < -0.3 is 14.7 Å². The van der Waals surface area contributed by atoms with E-state index in [4.69, 9.17) is 9.40 Å². The summed E-state index contributed by atoms with van der Waals surface area (Å²) in [5.41, 5.74) is 8.42. The van der Waals surface area contributed by atoms with Crippen LogP contribution < -0.4 is 5.32 Å². The highest BCUT2D eigenvalue weighted by Gasteiger charge is 2.16. The number of hydrogen-bond donors (Lipinski definition) is 3. The van der Waals surface area contributed by atoms with E-state index in [0.717, 1.165) is 64.1 Å². The van der Waals surface area contributed by atoms with Gasteiger partial charge in [-0.15, -0.1) is 0 Å². The summed E-state index contributed by atoms with van der Waals surface area (Å²) in [5.74, 6) is 0.763. The van der Waals surface area contributed by atoms with Crippen LogP contribution in [0.2, 0.25) is 0 Å². The predicted molar refractivity (Wildman–Crippen MR) is 114 cm³/mol. The second-order valence-corrected chi connectivity index (χ2v) is 7.32. The highest BCUT2D eigenvalue weighted by molar-refractivity contribution is 5.97. The summed E-state index contributed by atoms with van der Waals surface area (Å²) in [4.78, 5) is 8.34. The highest BCUT2D eigenvalue weighted by atomic mass is 16.3. The maximum Gasteiger partial charge on any atom is 0.159 e. The van der Waals surface area contributed by atoms with Crippen molar-refractivity contribution in [3.63, 3.8) is 0 Å². The molecule has 142 valence electrons. The van der Waals surface area contributed by atoms with E-state index in [0.29, 0.717) is 0 Å². The molecule has 29 heavy (non-hydrogen) atoms. The Morgan fingerprint density at radius 1 is 1.00 bits per heavy atom. The van der Waals surface area contributed by atoms with Gasteiger partial charge in [0.2, 0.25) is 0 Å². The minimum Gasteiger partial charge on any atom is -0.472 e. The number of nitrogens with zero attached hydrogens (tertiary/aromatic N) is 2. The Bertz CT molecular complexity index is 1360. The Morgan fingerprint density at radius 3 is 2.86 bits per heavy atom. The molecule has 3 aromatic heterocycles. The van der Waals surface area contributed by atoms with Crippen LogP contribution in [0, 0.1) is 0 Å². The first-order valence-electron chi connectivity index (χ1n) is 9.77. The van der Waals surface area contributed by atoms with Crippen molar-refractivity contribution in [1.82, 2.24) is 25.5 Å². The molecule has 0 amide bonds. The molecule has 5 aromatic rings. The number of aromatic nitrogens is 4. The van der Waals surface area contributed by atoms with Crippen LogP contribution >= 0.6 is 0 Å². The van der Waals surface area contributed by atoms with Crippen LogP contribution in [-0.4, -0.2) is 33.3 Å². The van der Waals surface area contributed by atoms with E-state index >= 15 is 0 Å². The van der Waals surface area contributed by atoms with Crippen LogP contribution in [0.1, 0.15) is 12.0 Å². The summed E-state index contributed by atoms with van der Waals surface area (Å²) in [5, 5.41) is 12.2. The zero-order valence-corrected chi connectivity index (χ0v) is 15.7. The topological polar surface area (TPSA) is 82.5 Å². The van der Waals surface area contributed by atoms with Crippen molar-refractivity contribution in [3.8, 4) is 22.6 Å². The van der Waals surface area contributed by atoms with E-state index in [1.807, 2.05) is 18.2 Å².